The highest BCUT2D eigenvalue weighted by molar-refractivity contribution is 7.63. The molecule has 4 nitrogen and oxygen atoms in total. The molecule has 0 saturated heterocycles. The lowest BCUT2D eigenvalue weighted by Crippen LogP contribution is -2.30. The van der Waals surface area contributed by atoms with Crippen LogP contribution < -0.4 is 0 Å². The van der Waals surface area contributed by atoms with Gasteiger partial charge in [0.2, 0.25) is 5.85 Å². The van der Waals surface area contributed by atoms with Crippen LogP contribution in [0.2, 0.25) is 0 Å². The van der Waals surface area contributed by atoms with Crippen molar-refractivity contribution in [2.45, 2.75) is 32.2 Å². The number of carbonyl (C=O) groups excluding carboxylic acids is 1. The summed E-state index contributed by atoms with van der Waals surface area (Å²) >= 11 is 0. The van der Waals surface area contributed by atoms with Crippen molar-refractivity contribution in [1.29, 1.82) is 0 Å². The maximum atomic E-state index is 12.1. The molecule has 0 aromatic rings. The summed E-state index contributed by atoms with van der Waals surface area (Å²) < 4.78 is 22.6. The fourth-order valence-corrected chi connectivity index (χ4v) is 2.80. The molecular formula is C12H21O4P. The highest BCUT2D eigenvalue weighted by atomic mass is 31.2. The Morgan fingerprint density at radius 3 is 2.53 bits per heavy atom. The van der Waals surface area contributed by atoms with E-state index in [0.29, 0.717) is 5.92 Å². The molecule has 0 aromatic carbocycles. The predicted octanol–water partition coefficient (Wildman–Crippen LogP) is 2.48. The van der Waals surface area contributed by atoms with Crippen LogP contribution in [0.5, 0.6) is 0 Å². The van der Waals surface area contributed by atoms with E-state index in [1.807, 2.05) is 12.2 Å². The Bertz CT molecular complexity index is 344. The molecule has 0 fully saturated rings. The van der Waals surface area contributed by atoms with Gasteiger partial charge in [0.15, 0.2) is 0 Å². The Morgan fingerprint density at radius 1 is 1.47 bits per heavy atom. The van der Waals surface area contributed by atoms with Crippen molar-refractivity contribution in [3.05, 3.63) is 12.2 Å². The smallest absolute Gasteiger partial charge is 0.342 e. The molecule has 1 aliphatic carbocycles. The lowest BCUT2D eigenvalue weighted by Gasteiger charge is -2.23. The Labute approximate surface area is 103 Å². The Kier molecular flexibility index (Phi) is 4.96. The average molecular weight is 260 g/mol. The SMILES string of the molecule is CCOC(=O)C(O[C@@H]1C=C[C@H](C)C1)P(C)(C)=O. The molecule has 0 bridgehead atoms. The molecule has 0 aromatic heterocycles. The van der Waals surface area contributed by atoms with E-state index < -0.39 is 19.0 Å². The van der Waals surface area contributed by atoms with E-state index in [9.17, 15) is 9.36 Å². The van der Waals surface area contributed by atoms with Crippen LogP contribution in [0, 0.1) is 5.92 Å². The largest absolute Gasteiger partial charge is 0.464 e. The lowest BCUT2D eigenvalue weighted by atomic mass is 10.1. The minimum atomic E-state index is -2.66. The summed E-state index contributed by atoms with van der Waals surface area (Å²) in [6.07, 6.45) is 4.67. The van der Waals surface area contributed by atoms with Gasteiger partial charge in [0.25, 0.3) is 0 Å². The van der Waals surface area contributed by atoms with E-state index >= 15 is 0 Å². The van der Waals surface area contributed by atoms with Crippen molar-refractivity contribution in [2.24, 2.45) is 5.92 Å². The Balaban J connectivity index is 2.68. The van der Waals surface area contributed by atoms with Crippen LogP contribution in [0.25, 0.3) is 0 Å². The highest BCUT2D eigenvalue weighted by Crippen LogP contribution is 2.45. The molecule has 3 atom stereocenters. The van der Waals surface area contributed by atoms with Crippen LogP contribution in [0.1, 0.15) is 20.3 Å². The molecule has 0 aliphatic heterocycles. The van der Waals surface area contributed by atoms with Crippen molar-refractivity contribution < 1.29 is 18.8 Å². The fourth-order valence-electron chi connectivity index (χ4n) is 1.77. The van der Waals surface area contributed by atoms with Gasteiger partial charge < -0.3 is 14.0 Å². The second-order valence-corrected chi connectivity index (χ2v) is 8.15. The summed E-state index contributed by atoms with van der Waals surface area (Å²) in [6, 6.07) is 0. The zero-order valence-electron chi connectivity index (χ0n) is 10.9. The van der Waals surface area contributed by atoms with Crippen molar-refractivity contribution in [1.82, 2.24) is 0 Å². The molecule has 0 radical (unpaired) electrons. The van der Waals surface area contributed by atoms with E-state index in [1.165, 1.54) is 0 Å². The van der Waals surface area contributed by atoms with Crippen LogP contribution in [0.15, 0.2) is 12.2 Å². The van der Waals surface area contributed by atoms with E-state index in [1.54, 1.807) is 20.3 Å². The molecule has 1 rings (SSSR count). The molecule has 0 N–H and O–H groups in total. The van der Waals surface area contributed by atoms with Gasteiger partial charge in [-0.2, -0.15) is 0 Å². The van der Waals surface area contributed by atoms with Crippen LogP contribution >= 0.6 is 7.14 Å². The van der Waals surface area contributed by atoms with E-state index in [-0.39, 0.29) is 12.7 Å². The number of carbonyl (C=O) groups is 1. The summed E-state index contributed by atoms with van der Waals surface area (Å²) in [5.41, 5.74) is 0. The molecule has 0 amide bonds. The molecule has 0 heterocycles. The normalized spacial score (nSPS) is 25.9. The van der Waals surface area contributed by atoms with Crippen molar-refractivity contribution in [3.8, 4) is 0 Å². The van der Waals surface area contributed by atoms with E-state index in [4.69, 9.17) is 9.47 Å². The second-order valence-electron chi connectivity index (χ2n) is 4.81. The van der Waals surface area contributed by atoms with Gasteiger partial charge in [0, 0.05) is 0 Å². The second kappa shape index (κ2) is 5.83. The number of esters is 1. The fraction of sp³-hybridized carbons (Fsp3) is 0.750. The van der Waals surface area contributed by atoms with Crippen molar-refractivity contribution >= 4 is 13.1 Å². The number of rotatable bonds is 5. The molecular weight excluding hydrogens is 239 g/mol. The van der Waals surface area contributed by atoms with Gasteiger partial charge in [-0.15, -0.1) is 0 Å². The maximum absolute atomic E-state index is 12.1. The molecule has 0 spiro atoms. The molecule has 98 valence electrons. The zero-order chi connectivity index (χ0) is 13.1. The zero-order valence-corrected chi connectivity index (χ0v) is 11.8. The number of ether oxygens (including phenoxy) is 2. The van der Waals surface area contributed by atoms with Crippen molar-refractivity contribution in [3.63, 3.8) is 0 Å². The first-order chi connectivity index (χ1) is 7.84. The number of hydrogen-bond acceptors (Lipinski definition) is 4. The molecule has 5 heteroatoms. The Hall–Kier alpha value is -0.600. The summed E-state index contributed by atoms with van der Waals surface area (Å²) in [7, 11) is -2.66. The minimum absolute atomic E-state index is 0.132. The van der Waals surface area contributed by atoms with Crippen LogP contribution in [0.4, 0.5) is 0 Å². The number of allylic oxidation sites excluding steroid dienone is 1. The first-order valence-electron chi connectivity index (χ1n) is 5.89. The predicted molar refractivity (Wildman–Crippen MR) is 67.7 cm³/mol. The van der Waals surface area contributed by atoms with Gasteiger partial charge in [-0.25, -0.2) is 4.79 Å². The highest BCUT2D eigenvalue weighted by Gasteiger charge is 2.35. The maximum Gasteiger partial charge on any atom is 0.342 e. The molecule has 17 heavy (non-hydrogen) atoms. The third kappa shape index (κ3) is 4.29. The third-order valence-corrected chi connectivity index (χ3v) is 4.08. The third-order valence-electron chi connectivity index (χ3n) is 2.62. The van der Waals surface area contributed by atoms with Crippen LogP contribution in [-0.2, 0) is 18.8 Å². The molecule has 1 unspecified atom stereocenters. The minimum Gasteiger partial charge on any atom is -0.464 e. The van der Waals surface area contributed by atoms with Gasteiger partial charge in [-0.3, -0.25) is 0 Å². The van der Waals surface area contributed by atoms with Gasteiger partial charge in [-0.1, -0.05) is 19.1 Å². The van der Waals surface area contributed by atoms with E-state index in [0.717, 1.165) is 6.42 Å². The summed E-state index contributed by atoms with van der Waals surface area (Å²) in [5.74, 6) is -1.02. The van der Waals surface area contributed by atoms with Gasteiger partial charge >= 0.3 is 5.97 Å². The summed E-state index contributed by atoms with van der Waals surface area (Å²) in [4.78, 5) is 11.7. The van der Waals surface area contributed by atoms with Crippen LogP contribution in [0.3, 0.4) is 0 Å². The summed E-state index contributed by atoms with van der Waals surface area (Å²) in [5, 5.41) is 0. The van der Waals surface area contributed by atoms with Crippen molar-refractivity contribution in [2.75, 3.05) is 19.9 Å². The van der Waals surface area contributed by atoms with E-state index in [2.05, 4.69) is 6.92 Å². The summed E-state index contributed by atoms with van der Waals surface area (Å²) in [6.45, 7) is 7.18. The van der Waals surface area contributed by atoms with Gasteiger partial charge in [-0.05, 0) is 32.6 Å². The first kappa shape index (κ1) is 14.5. The molecule has 1 aliphatic rings. The van der Waals surface area contributed by atoms with Gasteiger partial charge in [0.05, 0.1) is 12.7 Å². The van der Waals surface area contributed by atoms with Gasteiger partial charge in [0.1, 0.15) is 7.14 Å². The Morgan fingerprint density at radius 2 is 2.12 bits per heavy atom. The first-order valence-corrected chi connectivity index (χ1v) is 8.56. The standard InChI is InChI=1S/C12H21O4P/c1-5-15-11(13)12(17(3,4)14)16-10-7-6-9(2)8-10/h6-7,9-10,12H,5,8H2,1-4H3/t9-,10+,12?/m0/s1. The number of hydrogen-bond donors (Lipinski definition) is 0. The average Bonchev–Trinajstić information content (AvgIpc) is 2.59. The van der Waals surface area contributed by atoms with Crippen LogP contribution in [-0.4, -0.2) is 37.9 Å². The monoisotopic (exact) mass is 260 g/mol. The quantitative estimate of drug-likeness (QED) is 0.433. The molecule has 0 saturated carbocycles. The topological polar surface area (TPSA) is 52.6 Å². The lowest BCUT2D eigenvalue weighted by molar-refractivity contribution is -0.152.